The third-order valence-corrected chi connectivity index (χ3v) is 3.20. The first kappa shape index (κ1) is 13.9. The summed E-state index contributed by atoms with van der Waals surface area (Å²) >= 11 is 1.70. The maximum atomic E-state index is 12.1. The number of thiophene rings is 1. The lowest BCUT2D eigenvalue weighted by Gasteiger charge is -2.21. The molecule has 1 N–H and O–H groups in total. The largest absolute Gasteiger partial charge is 0.351 e. The van der Waals surface area contributed by atoms with Crippen molar-refractivity contribution in [3.8, 4) is 0 Å². The Morgan fingerprint density at radius 1 is 1.59 bits per heavy atom. The molecule has 0 atom stereocenters. The van der Waals surface area contributed by atoms with Gasteiger partial charge in [0.15, 0.2) is 5.96 Å². The van der Waals surface area contributed by atoms with Crippen molar-refractivity contribution in [1.82, 2.24) is 10.2 Å². The van der Waals surface area contributed by atoms with Crippen LogP contribution in [0.5, 0.6) is 0 Å². The van der Waals surface area contributed by atoms with Gasteiger partial charge in [-0.3, -0.25) is 4.99 Å². The Morgan fingerprint density at radius 3 is 2.88 bits per heavy atom. The van der Waals surface area contributed by atoms with Gasteiger partial charge < -0.3 is 10.2 Å². The van der Waals surface area contributed by atoms with E-state index in [2.05, 4.69) is 16.4 Å². The molecule has 0 amide bonds. The van der Waals surface area contributed by atoms with Gasteiger partial charge in [-0.15, -0.1) is 11.3 Å². The fourth-order valence-electron chi connectivity index (χ4n) is 1.39. The minimum absolute atomic E-state index is 0.365. The van der Waals surface area contributed by atoms with Gasteiger partial charge in [0.2, 0.25) is 0 Å². The van der Waals surface area contributed by atoms with Crippen LogP contribution in [0.2, 0.25) is 0 Å². The lowest BCUT2D eigenvalue weighted by atomic mass is 10.3. The fourth-order valence-corrected chi connectivity index (χ4v) is 2.09. The van der Waals surface area contributed by atoms with Gasteiger partial charge in [0.05, 0.1) is 6.54 Å². The van der Waals surface area contributed by atoms with E-state index in [9.17, 15) is 8.78 Å². The molecule has 0 saturated heterocycles. The van der Waals surface area contributed by atoms with Crippen molar-refractivity contribution in [2.24, 2.45) is 4.99 Å². The quantitative estimate of drug-likeness (QED) is 0.649. The molecule has 1 aromatic heterocycles. The van der Waals surface area contributed by atoms with Crippen LogP contribution in [-0.2, 0) is 6.42 Å². The summed E-state index contributed by atoms with van der Waals surface area (Å²) < 4.78 is 24.1. The lowest BCUT2D eigenvalue weighted by molar-refractivity contribution is 0.151. The highest BCUT2D eigenvalue weighted by Gasteiger charge is 2.08. The summed E-state index contributed by atoms with van der Waals surface area (Å²) in [5, 5.41) is 4.66. The average Bonchev–Trinajstić information content (AvgIpc) is 2.79. The van der Waals surface area contributed by atoms with Crippen LogP contribution in [0.4, 0.5) is 8.78 Å². The second kappa shape index (κ2) is 7.21. The number of hydrogen-bond donors (Lipinski definition) is 1. The van der Waals surface area contributed by atoms with Crippen molar-refractivity contribution in [1.29, 1.82) is 0 Å². The SMILES string of the molecule is CN=C(NCC(F)F)N(C)CCc1cccs1. The molecule has 0 fully saturated rings. The topological polar surface area (TPSA) is 27.6 Å². The monoisotopic (exact) mass is 261 g/mol. The molecule has 0 bridgehead atoms. The van der Waals surface area contributed by atoms with Crippen molar-refractivity contribution in [2.75, 3.05) is 27.2 Å². The van der Waals surface area contributed by atoms with Crippen LogP contribution in [0.1, 0.15) is 4.88 Å². The predicted molar refractivity (Wildman–Crippen MR) is 68.0 cm³/mol. The number of hydrogen-bond acceptors (Lipinski definition) is 2. The van der Waals surface area contributed by atoms with Crippen molar-refractivity contribution < 1.29 is 8.78 Å². The van der Waals surface area contributed by atoms with E-state index < -0.39 is 6.43 Å². The van der Waals surface area contributed by atoms with Crippen LogP contribution in [-0.4, -0.2) is 44.5 Å². The molecule has 1 aromatic rings. The molecule has 0 aliphatic heterocycles. The zero-order valence-corrected chi connectivity index (χ0v) is 10.8. The van der Waals surface area contributed by atoms with Crippen molar-refractivity contribution in [2.45, 2.75) is 12.8 Å². The van der Waals surface area contributed by atoms with Gasteiger partial charge in [-0.25, -0.2) is 8.78 Å². The summed E-state index contributed by atoms with van der Waals surface area (Å²) in [7, 11) is 3.43. The number of aliphatic imine (C=N–C) groups is 1. The van der Waals surface area contributed by atoms with Gasteiger partial charge in [0.25, 0.3) is 6.43 Å². The van der Waals surface area contributed by atoms with Crippen LogP contribution in [0.3, 0.4) is 0 Å². The van der Waals surface area contributed by atoms with Gasteiger partial charge in [-0.2, -0.15) is 0 Å². The average molecular weight is 261 g/mol. The number of halogens is 2. The van der Waals surface area contributed by atoms with Crippen LogP contribution in [0, 0.1) is 0 Å². The number of nitrogens with zero attached hydrogens (tertiary/aromatic N) is 2. The minimum Gasteiger partial charge on any atom is -0.351 e. The third-order valence-electron chi connectivity index (χ3n) is 2.26. The van der Waals surface area contributed by atoms with Crippen LogP contribution < -0.4 is 5.32 Å². The van der Waals surface area contributed by atoms with E-state index >= 15 is 0 Å². The molecule has 0 unspecified atom stereocenters. The standard InChI is InChI=1S/C11H17F2N3S/c1-14-11(15-8-10(12)13)16(2)6-5-9-4-3-7-17-9/h3-4,7,10H,5-6,8H2,1-2H3,(H,14,15). The second-order valence-corrected chi connectivity index (χ2v) is 4.60. The highest BCUT2D eigenvalue weighted by Crippen LogP contribution is 2.09. The molecule has 0 saturated carbocycles. The van der Waals surface area contributed by atoms with E-state index in [0.29, 0.717) is 5.96 Å². The van der Waals surface area contributed by atoms with Gasteiger partial charge >= 0.3 is 0 Å². The number of guanidine groups is 1. The smallest absolute Gasteiger partial charge is 0.255 e. The number of nitrogens with one attached hydrogen (secondary N) is 1. The molecule has 3 nitrogen and oxygen atoms in total. The number of rotatable bonds is 5. The first-order valence-electron chi connectivity index (χ1n) is 5.35. The Hall–Kier alpha value is -1.17. The summed E-state index contributed by atoms with van der Waals surface area (Å²) in [6.07, 6.45) is -1.47. The fraction of sp³-hybridized carbons (Fsp3) is 0.545. The molecule has 96 valence electrons. The van der Waals surface area contributed by atoms with E-state index in [1.165, 1.54) is 4.88 Å². The van der Waals surface area contributed by atoms with Crippen LogP contribution in [0.15, 0.2) is 22.5 Å². The third kappa shape index (κ3) is 5.12. The zero-order valence-electron chi connectivity index (χ0n) is 9.99. The summed E-state index contributed by atoms with van der Waals surface area (Å²) in [5.74, 6) is 0.502. The Morgan fingerprint density at radius 2 is 2.35 bits per heavy atom. The molecular weight excluding hydrogens is 244 g/mol. The van der Waals surface area contributed by atoms with Gasteiger partial charge in [0, 0.05) is 25.5 Å². The second-order valence-electron chi connectivity index (χ2n) is 3.57. The maximum Gasteiger partial charge on any atom is 0.255 e. The highest BCUT2D eigenvalue weighted by atomic mass is 32.1. The van der Waals surface area contributed by atoms with E-state index in [1.807, 2.05) is 23.4 Å². The Labute approximate surface area is 104 Å². The molecule has 17 heavy (non-hydrogen) atoms. The van der Waals surface area contributed by atoms with Crippen molar-refractivity contribution in [3.63, 3.8) is 0 Å². The molecule has 0 aromatic carbocycles. The molecular formula is C11H17F2N3S. The molecule has 0 aliphatic rings. The number of likely N-dealkylation sites (N-methyl/N-ethyl adjacent to an activating group) is 1. The van der Waals surface area contributed by atoms with Gasteiger partial charge in [-0.1, -0.05) is 6.07 Å². The summed E-state index contributed by atoms with van der Waals surface area (Å²) in [6, 6.07) is 4.07. The van der Waals surface area contributed by atoms with Crippen molar-refractivity contribution >= 4 is 17.3 Å². The minimum atomic E-state index is -2.36. The van der Waals surface area contributed by atoms with Crippen molar-refractivity contribution in [3.05, 3.63) is 22.4 Å². The normalized spacial score (nSPS) is 11.9. The zero-order chi connectivity index (χ0) is 12.7. The summed E-state index contributed by atoms with van der Waals surface area (Å²) in [6.45, 7) is 0.388. The molecule has 6 heteroatoms. The van der Waals surface area contributed by atoms with Gasteiger partial charge in [-0.05, 0) is 17.9 Å². The van der Waals surface area contributed by atoms with E-state index in [0.717, 1.165) is 13.0 Å². The molecule has 0 aliphatic carbocycles. The molecule has 0 radical (unpaired) electrons. The molecule has 1 heterocycles. The van der Waals surface area contributed by atoms with E-state index in [1.54, 1.807) is 18.4 Å². The lowest BCUT2D eigenvalue weighted by Crippen LogP contribution is -2.41. The predicted octanol–water partition coefficient (Wildman–Crippen LogP) is 2.06. The summed E-state index contributed by atoms with van der Waals surface area (Å²) in [5.41, 5.74) is 0. The Kier molecular flexibility index (Phi) is 5.90. The van der Waals surface area contributed by atoms with Crippen LogP contribution in [0.25, 0.3) is 0 Å². The first-order chi connectivity index (χ1) is 8.13. The van der Waals surface area contributed by atoms with Gasteiger partial charge in [0.1, 0.15) is 0 Å². The van der Waals surface area contributed by atoms with E-state index in [4.69, 9.17) is 0 Å². The highest BCUT2D eigenvalue weighted by molar-refractivity contribution is 7.09. The first-order valence-corrected chi connectivity index (χ1v) is 6.23. The summed E-state index contributed by atoms with van der Waals surface area (Å²) in [4.78, 5) is 7.09. The molecule has 0 spiro atoms. The maximum absolute atomic E-state index is 12.1. The Bertz CT molecular complexity index is 338. The Balaban J connectivity index is 2.36. The van der Waals surface area contributed by atoms with E-state index in [-0.39, 0.29) is 6.54 Å². The number of alkyl halides is 2. The van der Waals surface area contributed by atoms with Crippen LogP contribution >= 0.6 is 11.3 Å². The molecule has 1 rings (SSSR count).